The van der Waals surface area contributed by atoms with Gasteiger partial charge < -0.3 is 10.2 Å². The third-order valence-electron chi connectivity index (χ3n) is 3.60. The Morgan fingerprint density at radius 3 is 2.67 bits per heavy atom. The van der Waals surface area contributed by atoms with Crippen LogP contribution in [-0.4, -0.2) is 25.5 Å². The number of amides is 1. The first-order chi connectivity index (χ1) is 10.2. The average molecular weight is 302 g/mol. The van der Waals surface area contributed by atoms with Crippen molar-refractivity contribution in [1.29, 1.82) is 0 Å². The molecule has 1 N–H and O–H groups in total. The molecule has 1 amide bonds. The SMILES string of the molecule is C[C@H](CNC(=O)CCc1cccs1)N(C)c1ccccc1. The van der Waals surface area contributed by atoms with Gasteiger partial charge in [-0.15, -0.1) is 11.3 Å². The van der Waals surface area contributed by atoms with Crippen molar-refractivity contribution in [3.05, 3.63) is 52.7 Å². The van der Waals surface area contributed by atoms with Gasteiger partial charge in [-0.2, -0.15) is 0 Å². The molecule has 0 aliphatic rings. The Labute approximate surface area is 130 Å². The smallest absolute Gasteiger partial charge is 0.220 e. The normalized spacial score (nSPS) is 11.9. The van der Waals surface area contributed by atoms with E-state index in [0.29, 0.717) is 13.0 Å². The second kappa shape index (κ2) is 7.84. The number of nitrogens with one attached hydrogen (secondary N) is 1. The van der Waals surface area contributed by atoms with Gasteiger partial charge in [-0.05, 0) is 36.9 Å². The molecule has 0 spiro atoms. The molecule has 0 saturated carbocycles. The van der Waals surface area contributed by atoms with Crippen molar-refractivity contribution in [2.24, 2.45) is 0 Å². The molecule has 2 aromatic rings. The fourth-order valence-corrected chi connectivity index (χ4v) is 2.81. The summed E-state index contributed by atoms with van der Waals surface area (Å²) in [4.78, 5) is 15.3. The lowest BCUT2D eigenvalue weighted by atomic mass is 10.2. The lowest BCUT2D eigenvalue weighted by Crippen LogP contribution is -2.40. The summed E-state index contributed by atoms with van der Waals surface area (Å²) < 4.78 is 0. The summed E-state index contributed by atoms with van der Waals surface area (Å²) in [5.41, 5.74) is 1.16. The van der Waals surface area contributed by atoms with Crippen LogP contribution in [0.3, 0.4) is 0 Å². The van der Waals surface area contributed by atoms with Crippen LogP contribution in [0.5, 0.6) is 0 Å². The highest BCUT2D eigenvalue weighted by Crippen LogP contribution is 2.14. The minimum atomic E-state index is 0.122. The number of aryl methyl sites for hydroxylation is 1. The zero-order valence-corrected chi connectivity index (χ0v) is 13.4. The number of carbonyl (C=O) groups is 1. The largest absolute Gasteiger partial charge is 0.370 e. The maximum Gasteiger partial charge on any atom is 0.220 e. The van der Waals surface area contributed by atoms with Crippen molar-refractivity contribution in [2.45, 2.75) is 25.8 Å². The van der Waals surface area contributed by atoms with E-state index in [1.54, 1.807) is 11.3 Å². The van der Waals surface area contributed by atoms with Gasteiger partial charge in [0.1, 0.15) is 0 Å². The van der Waals surface area contributed by atoms with E-state index in [2.05, 4.69) is 42.4 Å². The molecule has 0 radical (unpaired) electrons. The third kappa shape index (κ3) is 4.90. The van der Waals surface area contributed by atoms with Crippen molar-refractivity contribution >= 4 is 22.9 Å². The van der Waals surface area contributed by atoms with E-state index in [0.717, 1.165) is 12.1 Å². The standard InChI is InChI=1S/C17H22N2OS/c1-14(19(2)15-7-4-3-5-8-15)13-18-17(20)11-10-16-9-6-12-21-16/h3-9,12,14H,10-11,13H2,1-2H3,(H,18,20)/t14-/m1/s1. The first-order valence-electron chi connectivity index (χ1n) is 7.24. The van der Waals surface area contributed by atoms with Crippen molar-refractivity contribution in [3.8, 4) is 0 Å². The molecule has 112 valence electrons. The van der Waals surface area contributed by atoms with E-state index in [4.69, 9.17) is 0 Å². The van der Waals surface area contributed by atoms with Crippen LogP contribution >= 0.6 is 11.3 Å². The molecule has 0 fully saturated rings. The highest BCUT2D eigenvalue weighted by molar-refractivity contribution is 7.09. The summed E-state index contributed by atoms with van der Waals surface area (Å²) in [7, 11) is 2.05. The molecule has 3 nitrogen and oxygen atoms in total. The fraction of sp³-hybridized carbons (Fsp3) is 0.353. The van der Waals surface area contributed by atoms with Crippen LogP contribution in [0.25, 0.3) is 0 Å². The highest BCUT2D eigenvalue weighted by Gasteiger charge is 2.11. The van der Waals surface area contributed by atoms with Crippen molar-refractivity contribution in [2.75, 3.05) is 18.5 Å². The number of hydrogen-bond donors (Lipinski definition) is 1. The quantitative estimate of drug-likeness (QED) is 0.851. The van der Waals surface area contributed by atoms with Gasteiger partial charge in [0.2, 0.25) is 5.91 Å². The molecule has 0 unspecified atom stereocenters. The highest BCUT2D eigenvalue weighted by atomic mass is 32.1. The molecule has 21 heavy (non-hydrogen) atoms. The van der Waals surface area contributed by atoms with Crippen LogP contribution in [-0.2, 0) is 11.2 Å². The van der Waals surface area contributed by atoms with E-state index in [1.807, 2.05) is 29.6 Å². The Morgan fingerprint density at radius 1 is 1.24 bits per heavy atom. The number of para-hydroxylation sites is 1. The van der Waals surface area contributed by atoms with Crippen molar-refractivity contribution < 1.29 is 4.79 Å². The monoisotopic (exact) mass is 302 g/mol. The van der Waals surface area contributed by atoms with E-state index in [9.17, 15) is 4.79 Å². The molecule has 1 atom stereocenters. The van der Waals surface area contributed by atoms with Gasteiger partial charge in [0.15, 0.2) is 0 Å². The molecular weight excluding hydrogens is 280 g/mol. The van der Waals surface area contributed by atoms with Crippen LogP contribution < -0.4 is 10.2 Å². The minimum absolute atomic E-state index is 0.122. The maximum atomic E-state index is 11.9. The predicted octanol–water partition coefficient (Wildman–Crippen LogP) is 3.32. The first-order valence-corrected chi connectivity index (χ1v) is 8.11. The molecule has 4 heteroatoms. The van der Waals surface area contributed by atoms with Gasteiger partial charge in [-0.25, -0.2) is 0 Å². The molecule has 2 rings (SSSR count). The number of thiophene rings is 1. The maximum absolute atomic E-state index is 11.9. The van der Waals surface area contributed by atoms with Crippen LogP contribution in [0.1, 0.15) is 18.2 Å². The van der Waals surface area contributed by atoms with Gasteiger partial charge >= 0.3 is 0 Å². The van der Waals surface area contributed by atoms with Gasteiger partial charge in [-0.1, -0.05) is 24.3 Å². The average Bonchev–Trinajstić information content (AvgIpc) is 3.04. The Bertz CT molecular complexity index is 539. The summed E-state index contributed by atoms with van der Waals surface area (Å²) in [6, 6.07) is 14.6. The molecule has 1 aromatic carbocycles. The Kier molecular flexibility index (Phi) is 5.81. The molecule has 0 aliphatic carbocycles. The van der Waals surface area contributed by atoms with Crippen LogP contribution in [0.4, 0.5) is 5.69 Å². The molecule has 0 aliphatic heterocycles. The van der Waals surface area contributed by atoms with Crippen LogP contribution in [0.15, 0.2) is 47.8 Å². The zero-order chi connectivity index (χ0) is 15.1. The zero-order valence-electron chi connectivity index (χ0n) is 12.6. The van der Waals surface area contributed by atoms with E-state index in [-0.39, 0.29) is 11.9 Å². The number of nitrogens with zero attached hydrogens (tertiary/aromatic N) is 1. The number of rotatable bonds is 7. The number of hydrogen-bond acceptors (Lipinski definition) is 3. The fourth-order valence-electron chi connectivity index (χ4n) is 2.10. The number of likely N-dealkylation sites (N-methyl/N-ethyl adjacent to an activating group) is 1. The van der Waals surface area contributed by atoms with E-state index in [1.165, 1.54) is 4.88 Å². The first kappa shape index (κ1) is 15.6. The minimum Gasteiger partial charge on any atom is -0.370 e. The van der Waals surface area contributed by atoms with Gasteiger partial charge in [0.05, 0.1) is 0 Å². The topological polar surface area (TPSA) is 32.3 Å². The van der Waals surface area contributed by atoms with Gasteiger partial charge in [-0.3, -0.25) is 4.79 Å². The molecule has 1 aromatic heterocycles. The summed E-state index contributed by atoms with van der Waals surface area (Å²) in [6.45, 7) is 2.78. The summed E-state index contributed by atoms with van der Waals surface area (Å²) >= 11 is 1.70. The summed E-state index contributed by atoms with van der Waals surface area (Å²) in [6.07, 6.45) is 1.38. The summed E-state index contributed by atoms with van der Waals surface area (Å²) in [5, 5.41) is 5.07. The molecule has 0 saturated heterocycles. The van der Waals surface area contributed by atoms with E-state index >= 15 is 0 Å². The van der Waals surface area contributed by atoms with Crippen LogP contribution in [0.2, 0.25) is 0 Å². The second-order valence-electron chi connectivity index (χ2n) is 5.18. The number of benzene rings is 1. The second-order valence-corrected chi connectivity index (χ2v) is 6.21. The van der Waals surface area contributed by atoms with Crippen molar-refractivity contribution in [1.82, 2.24) is 5.32 Å². The lowest BCUT2D eigenvalue weighted by molar-refractivity contribution is -0.121. The molecule has 0 bridgehead atoms. The number of anilines is 1. The summed E-state index contributed by atoms with van der Waals surface area (Å²) in [5.74, 6) is 0.122. The van der Waals surface area contributed by atoms with Gasteiger partial charge in [0.25, 0.3) is 0 Å². The Hall–Kier alpha value is -1.81. The van der Waals surface area contributed by atoms with Crippen molar-refractivity contribution in [3.63, 3.8) is 0 Å². The molecular formula is C17H22N2OS. The third-order valence-corrected chi connectivity index (χ3v) is 4.53. The van der Waals surface area contributed by atoms with Crippen LogP contribution in [0, 0.1) is 0 Å². The van der Waals surface area contributed by atoms with E-state index < -0.39 is 0 Å². The Balaban J connectivity index is 1.73. The lowest BCUT2D eigenvalue weighted by Gasteiger charge is -2.27. The van der Waals surface area contributed by atoms with Gasteiger partial charge in [0, 0.05) is 36.6 Å². The number of carbonyl (C=O) groups excluding carboxylic acids is 1. The molecule has 1 heterocycles. The Morgan fingerprint density at radius 2 is 2.00 bits per heavy atom. The predicted molar refractivity (Wildman–Crippen MR) is 90.0 cm³/mol.